The predicted molar refractivity (Wildman–Crippen MR) is 190 cm³/mol. The van der Waals surface area contributed by atoms with Gasteiger partial charge in [-0.15, -0.1) is 0 Å². The lowest BCUT2D eigenvalue weighted by Crippen LogP contribution is -2.11. The maximum absolute atomic E-state index is 6.68. The average molecular weight is 592 g/mol. The number of anilines is 3. The molecule has 0 bridgehead atoms. The Bertz CT molecular complexity index is 2420. The molecule has 0 aliphatic carbocycles. The van der Waals surface area contributed by atoms with E-state index < -0.39 is 0 Å². The van der Waals surface area contributed by atoms with Crippen LogP contribution in [0.3, 0.4) is 0 Å². The topological polar surface area (TPSA) is 25.6 Å². The van der Waals surface area contributed by atoms with Gasteiger partial charge in [0, 0.05) is 27.9 Å². The first-order valence-electron chi connectivity index (χ1n) is 15.7. The van der Waals surface area contributed by atoms with Crippen LogP contribution >= 0.6 is 0 Å². The summed E-state index contributed by atoms with van der Waals surface area (Å²) < 4.78 is 13.1. The Morgan fingerprint density at radius 1 is 0.522 bits per heavy atom. The zero-order valence-corrected chi connectivity index (χ0v) is 25.1. The van der Waals surface area contributed by atoms with E-state index >= 15 is 0 Å². The highest BCUT2D eigenvalue weighted by Crippen LogP contribution is 2.46. The second kappa shape index (κ2) is 10.8. The van der Waals surface area contributed by atoms with Crippen molar-refractivity contribution in [1.29, 1.82) is 0 Å². The first-order valence-corrected chi connectivity index (χ1v) is 15.7. The maximum atomic E-state index is 6.68. The molecule has 46 heavy (non-hydrogen) atoms. The van der Waals surface area contributed by atoms with Crippen LogP contribution in [0.4, 0.5) is 17.1 Å². The molecular weight excluding hydrogens is 562 g/mol. The van der Waals surface area contributed by atoms with Crippen molar-refractivity contribution in [3.05, 3.63) is 175 Å². The number of hydrogen-bond donors (Lipinski definition) is 0. The van der Waals surface area contributed by atoms with Crippen molar-refractivity contribution in [3.8, 4) is 16.9 Å². The van der Waals surface area contributed by atoms with Crippen molar-refractivity contribution >= 4 is 55.5 Å². The number of furan rings is 1. The van der Waals surface area contributed by atoms with E-state index in [-0.39, 0.29) is 0 Å². The molecule has 2 heterocycles. The summed E-state index contributed by atoms with van der Waals surface area (Å²) in [5.41, 5.74) is 9.43. The van der Waals surface area contributed by atoms with Gasteiger partial charge in [0.15, 0.2) is 0 Å². The van der Waals surface area contributed by atoms with E-state index in [4.69, 9.17) is 9.15 Å². The van der Waals surface area contributed by atoms with Crippen LogP contribution in [-0.4, -0.2) is 0 Å². The van der Waals surface area contributed by atoms with Gasteiger partial charge in [0.2, 0.25) is 0 Å². The zero-order chi connectivity index (χ0) is 30.5. The Morgan fingerprint density at radius 3 is 2.04 bits per heavy atom. The molecule has 8 aromatic rings. The summed E-state index contributed by atoms with van der Waals surface area (Å²) in [6.07, 6.45) is 2.97. The summed E-state index contributed by atoms with van der Waals surface area (Å²) in [7, 11) is 0. The smallest absolute Gasteiger partial charge is 0.142 e. The van der Waals surface area contributed by atoms with E-state index in [1.54, 1.807) is 0 Å². The molecule has 0 unspecified atom stereocenters. The Morgan fingerprint density at radius 2 is 1.20 bits per heavy atom. The Balaban J connectivity index is 1.26. The minimum Gasteiger partial charge on any atom is -0.456 e. The van der Waals surface area contributed by atoms with Crippen LogP contribution in [0.15, 0.2) is 168 Å². The van der Waals surface area contributed by atoms with Crippen LogP contribution in [0.2, 0.25) is 0 Å². The van der Waals surface area contributed by atoms with E-state index in [1.807, 2.05) is 18.2 Å². The van der Waals surface area contributed by atoms with Crippen molar-refractivity contribution in [2.45, 2.75) is 6.42 Å². The summed E-state index contributed by atoms with van der Waals surface area (Å²) in [5.74, 6) is 1.75. The quantitative estimate of drug-likeness (QED) is 0.199. The van der Waals surface area contributed by atoms with E-state index in [1.165, 1.54) is 16.3 Å². The normalized spacial score (nSPS) is 12.6. The van der Waals surface area contributed by atoms with Crippen LogP contribution in [0, 0.1) is 0 Å². The van der Waals surface area contributed by atoms with Gasteiger partial charge < -0.3 is 14.1 Å². The van der Waals surface area contributed by atoms with Gasteiger partial charge in [-0.3, -0.25) is 0 Å². The van der Waals surface area contributed by atoms with Crippen LogP contribution in [0.25, 0.3) is 49.6 Å². The zero-order valence-electron chi connectivity index (χ0n) is 25.1. The van der Waals surface area contributed by atoms with E-state index in [0.29, 0.717) is 0 Å². The molecular formula is C43H29NO2. The molecule has 0 N–H and O–H groups in total. The number of allylic oxidation sites excluding steroid dienone is 1. The molecule has 3 heteroatoms. The highest BCUT2D eigenvalue weighted by atomic mass is 16.5. The number of rotatable bonds is 5. The maximum Gasteiger partial charge on any atom is 0.142 e. The number of para-hydroxylation sites is 1. The average Bonchev–Trinajstić information content (AvgIpc) is 3.51. The molecule has 7 aromatic carbocycles. The standard InChI is InChI=1S/C43H29NO2/c1-3-12-30(13-4-1)36-17-9-10-18-38(36)44(34-22-19-29-11-7-8-16-33(29)27-34)35-23-26-40-37(28-35)42-41(45-40)25-21-32-20-24-39(46-43(32)42)31-14-5-2-6-15-31/h1-19,21-28H,20H2. The lowest BCUT2D eigenvalue weighted by molar-refractivity contribution is 0.504. The second-order valence-corrected chi connectivity index (χ2v) is 11.7. The van der Waals surface area contributed by atoms with Crippen molar-refractivity contribution in [2.24, 2.45) is 0 Å². The van der Waals surface area contributed by atoms with Gasteiger partial charge in [-0.1, -0.05) is 115 Å². The monoisotopic (exact) mass is 591 g/mol. The fourth-order valence-electron chi connectivity index (χ4n) is 6.69. The van der Waals surface area contributed by atoms with Crippen molar-refractivity contribution in [1.82, 2.24) is 0 Å². The SMILES string of the molecule is C1=C(c2ccccc2)Oc2c(ccc3oc4ccc(N(c5ccc6ccccc6c5)c5ccccc5-c5ccccc5)cc4c23)C1. The molecule has 1 aliphatic rings. The van der Waals surface area contributed by atoms with Gasteiger partial charge in [0.25, 0.3) is 0 Å². The molecule has 1 aliphatic heterocycles. The summed E-state index contributed by atoms with van der Waals surface area (Å²) in [6, 6.07) is 55.4. The van der Waals surface area contributed by atoms with Crippen molar-refractivity contribution in [3.63, 3.8) is 0 Å². The minimum atomic E-state index is 0.801. The number of nitrogens with zero attached hydrogens (tertiary/aromatic N) is 1. The summed E-state index contributed by atoms with van der Waals surface area (Å²) in [5, 5.41) is 4.44. The third-order valence-electron chi connectivity index (χ3n) is 8.91. The molecule has 0 amide bonds. The summed E-state index contributed by atoms with van der Waals surface area (Å²) in [6.45, 7) is 0. The van der Waals surface area contributed by atoms with E-state index in [9.17, 15) is 0 Å². The van der Waals surface area contributed by atoms with Gasteiger partial charge in [-0.2, -0.15) is 0 Å². The number of fused-ring (bicyclic) bond motifs is 6. The minimum absolute atomic E-state index is 0.801. The van der Waals surface area contributed by atoms with Gasteiger partial charge >= 0.3 is 0 Å². The molecule has 0 radical (unpaired) electrons. The van der Waals surface area contributed by atoms with Crippen molar-refractivity contribution < 1.29 is 9.15 Å². The molecule has 0 fully saturated rings. The highest BCUT2D eigenvalue weighted by molar-refractivity contribution is 6.11. The predicted octanol–water partition coefficient (Wildman–Crippen LogP) is 11.9. The third-order valence-corrected chi connectivity index (χ3v) is 8.91. The Labute approximate surface area is 267 Å². The van der Waals surface area contributed by atoms with Crippen LogP contribution in [0.5, 0.6) is 5.75 Å². The largest absolute Gasteiger partial charge is 0.456 e. The number of ether oxygens (including phenoxy) is 1. The Kier molecular flexibility index (Phi) is 6.20. The van der Waals surface area contributed by atoms with Gasteiger partial charge in [0.1, 0.15) is 22.7 Å². The molecule has 0 saturated heterocycles. The Hall–Kier alpha value is -6.06. The van der Waals surface area contributed by atoms with E-state index in [0.717, 1.165) is 73.6 Å². The first-order chi connectivity index (χ1) is 22.8. The molecule has 1 aromatic heterocycles. The third kappa shape index (κ3) is 4.44. The second-order valence-electron chi connectivity index (χ2n) is 11.7. The molecule has 0 saturated carbocycles. The molecule has 218 valence electrons. The first kappa shape index (κ1) is 26.4. The van der Waals surface area contributed by atoms with E-state index in [2.05, 4.69) is 151 Å². The van der Waals surface area contributed by atoms with Crippen LogP contribution in [-0.2, 0) is 6.42 Å². The number of benzene rings is 7. The fraction of sp³-hybridized carbons (Fsp3) is 0.0233. The van der Waals surface area contributed by atoms with Crippen LogP contribution < -0.4 is 9.64 Å². The summed E-state index contributed by atoms with van der Waals surface area (Å²) in [4.78, 5) is 2.36. The van der Waals surface area contributed by atoms with Gasteiger partial charge in [-0.05, 0) is 76.9 Å². The lowest BCUT2D eigenvalue weighted by atomic mass is 10.00. The number of hydrogen-bond acceptors (Lipinski definition) is 3. The van der Waals surface area contributed by atoms with Gasteiger partial charge in [0.05, 0.1) is 11.1 Å². The highest BCUT2D eigenvalue weighted by Gasteiger charge is 2.23. The molecule has 0 atom stereocenters. The summed E-state index contributed by atoms with van der Waals surface area (Å²) >= 11 is 0. The molecule has 0 spiro atoms. The van der Waals surface area contributed by atoms with Crippen LogP contribution in [0.1, 0.15) is 11.1 Å². The fourth-order valence-corrected chi connectivity index (χ4v) is 6.69. The van der Waals surface area contributed by atoms with Crippen molar-refractivity contribution in [2.75, 3.05) is 4.90 Å². The molecule has 3 nitrogen and oxygen atoms in total. The molecule has 9 rings (SSSR count). The lowest BCUT2D eigenvalue weighted by Gasteiger charge is -2.28. The van der Waals surface area contributed by atoms with Gasteiger partial charge in [-0.25, -0.2) is 0 Å².